The third kappa shape index (κ3) is 4.39. The van der Waals surface area contributed by atoms with E-state index in [4.69, 9.17) is 0 Å². The van der Waals surface area contributed by atoms with E-state index in [9.17, 15) is 0 Å². The largest absolute Gasteiger partial charge is 0.335 e. The highest BCUT2D eigenvalue weighted by Crippen LogP contribution is 2.23. The Balaban J connectivity index is 1.91. The summed E-state index contributed by atoms with van der Waals surface area (Å²) in [5.74, 6) is 2.07. The molecule has 4 heteroatoms. The molecule has 1 aromatic heterocycles. The summed E-state index contributed by atoms with van der Waals surface area (Å²) in [6, 6.07) is 8.76. The van der Waals surface area contributed by atoms with Gasteiger partial charge in [-0.05, 0) is 37.6 Å². The van der Waals surface area contributed by atoms with E-state index in [0.717, 1.165) is 31.2 Å². The zero-order chi connectivity index (χ0) is 14.2. The predicted molar refractivity (Wildman–Crippen MR) is 85.9 cm³/mol. The molecule has 108 valence electrons. The number of imidazole rings is 1. The summed E-state index contributed by atoms with van der Waals surface area (Å²) >= 11 is 1.85. The zero-order valence-electron chi connectivity index (χ0n) is 12.3. The molecule has 0 radical (unpaired) electrons. The van der Waals surface area contributed by atoms with E-state index < -0.39 is 0 Å². The van der Waals surface area contributed by atoms with Crippen LogP contribution in [0, 0.1) is 0 Å². The molecule has 1 heterocycles. The van der Waals surface area contributed by atoms with E-state index in [1.54, 1.807) is 0 Å². The first kappa shape index (κ1) is 15.1. The van der Waals surface area contributed by atoms with Crippen LogP contribution in [0.4, 0.5) is 0 Å². The average molecular weight is 289 g/mol. The van der Waals surface area contributed by atoms with Crippen molar-refractivity contribution in [3.8, 4) is 0 Å². The van der Waals surface area contributed by atoms with Crippen molar-refractivity contribution in [2.24, 2.45) is 0 Å². The lowest BCUT2D eigenvalue weighted by Gasteiger charge is -2.07. The Morgan fingerprint density at radius 2 is 2.20 bits per heavy atom. The lowest BCUT2D eigenvalue weighted by Crippen LogP contribution is -2.13. The first-order valence-electron chi connectivity index (χ1n) is 7.26. The minimum absolute atomic E-state index is 0.923. The van der Waals surface area contributed by atoms with Gasteiger partial charge >= 0.3 is 0 Å². The molecule has 3 nitrogen and oxygen atoms in total. The number of hydrogen-bond acceptors (Lipinski definition) is 3. The number of rotatable bonds is 8. The second-order valence-electron chi connectivity index (χ2n) is 4.74. The molecule has 0 amide bonds. The van der Waals surface area contributed by atoms with Crippen molar-refractivity contribution >= 4 is 11.8 Å². The Kier molecular flexibility index (Phi) is 6.15. The second-order valence-corrected chi connectivity index (χ2v) is 5.79. The normalized spacial score (nSPS) is 10.9. The molecular formula is C16H23N3S. The number of benzene rings is 1. The Morgan fingerprint density at radius 3 is 3.00 bits per heavy atom. The third-order valence-electron chi connectivity index (χ3n) is 3.16. The lowest BCUT2D eigenvalue weighted by atomic mass is 10.2. The van der Waals surface area contributed by atoms with Crippen molar-refractivity contribution in [1.29, 1.82) is 0 Å². The molecule has 0 spiro atoms. The van der Waals surface area contributed by atoms with Crippen LogP contribution in [0.3, 0.4) is 0 Å². The maximum Gasteiger partial charge on any atom is 0.119 e. The van der Waals surface area contributed by atoms with E-state index in [-0.39, 0.29) is 0 Å². The van der Waals surface area contributed by atoms with Crippen LogP contribution in [0.25, 0.3) is 0 Å². The summed E-state index contributed by atoms with van der Waals surface area (Å²) in [5.41, 5.74) is 1.35. The quantitative estimate of drug-likeness (QED) is 0.593. The standard InChI is InChI=1S/C16H23N3S/c1-3-8-17-12-14-6-5-7-15(11-14)20-13-16-18-9-10-19(16)4-2/h5-7,9-11,17H,3-4,8,12-13H2,1-2H3. The van der Waals surface area contributed by atoms with Gasteiger partial charge in [0.1, 0.15) is 5.82 Å². The van der Waals surface area contributed by atoms with Gasteiger partial charge in [0.05, 0.1) is 5.75 Å². The smallest absolute Gasteiger partial charge is 0.119 e. The summed E-state index contributed by atoms with van der Waals surface area (Å²) in [5, 5.41) is 3.44. The second kappa shape index (κ2) is 8.12. The fraction of sp³-hybridized carbons (Fsp3) is 0.438. The average Bonchev–Trinajstić information content (AvgIpc) is 2.93. The van der Waals surface area contributed by atoms with Gasteiger partial charge in [0.15, 0.2) is 0 Å². The number of nitrogens with one attached hydrogen (secondary N) is 1. The molecule has 0 aliphatic carbocycles. The lowest BCUT2D eigenvalue weighted by molar-refractivity contribution is 0.674. The zero-order valence-corrected chi connectivity index (χ0v) is 13.1. The molecule has 0 atom stereocenters. The van der Waals surface area contributed by atoms with Crippen LogP contribution in [0.5, 0.6) is 0 Å². The minimum atomic E-state index is 0.923. The molecule has 1 aromatic carbocycles. The van der Waals surface area contributed by atoms with Gasteiger partial charge in [-0.1, -0.05) is 19.1 Å². The molecule has 1 N–H and O–H groups in total. The highest BCUT2D eigenvalue weighted by Gasteiger charge is 2.03. The number of nitrogens with zero attached hydrogens (tertiary/aromatic N) is 2. The van der Waals surface area contributed by atoms with Crippen molar-refractivity contribution in [3.05, 3.63) is 48.0 Å². The maximum atomic E-state index is 4.41. The van der Waals surface area contributed by atoms with Gasteiger partial charge in [0, 0.05) is 30.4 Å². The summed E-state index contributed by atoms with van der Waals surface area (Å²) in [6.45, 7) is 7.35. The van der Waals surface area contributed by atoms with Crippen molar-refractivity contribution in [1.82, 2.24) is 14.9 Å². The van der Waals surface area contributed by atoms with Gasteiger partial charge in [-0.25, -0.2) is 4.98 Å². The summed E-state index contributed by atoms with van der Waals surface area (Å²) in [7, 11) is 0. The van der Waals surface area contributed by atoms with Gasteiger partial charge in [-0.15, -0.1) is 11.8 Å². The van der Waals surface area contributed by atoms with E-state index in [1.165, 1.54) is 16.9 Å². The van der Waals surface area contributed by atoms with Crippen LogP contribution in [-0.2, 0) is 18.8 Å². The molecule has 0 fully saturated rings. The third-order valence-corrected chi connectivity index (χ3v) is 4.15. The molecule has 2 rings (SSSR count). The molecular weight excluding hydrogens is 266 g/mol. The summed E-state index contributed by atoms with van der Waals surface area (Å²) < 4.78 is 2.19. The number of hydrogen-bond donors (Lipinski definition) is 1. The molecule has 0 aliphatic heterocycles. The van der Waals surface area contributed by atoms with E-state index in [0.29, 0.717) is 0 Å². The Bertz CT molecular complexity index is 522. The topological polar surface area (TPSA) is 29.9 Å². The SMILES string of the molecule is CCCNCc1cccc(SCc2nccn2CC)c1. The highest BCUT2D eigenvalue weighted by atomic mass is 32.2. The number of aryl methyl sites for hydroxylation is 1. The van der Waals surface area contributed by atoms with Crippen LogP contribution < -0.4 is 5.32 Å². The van der Waals surface area contributed by atoms with Crippen molar-refractivity contribution in [2.45, 2.75) is 44.0 Å². The Hall–Kier alpha value is -1.26. The van der Waals surface area contributed by atoms with Crippen molar-refractivity contribution in [3.63, 3.8) is 0 Å². The van der Waals surface area contributed by atoms with E-state index in [2.05, 4.69) is 53.0 Å². The van der Waals surface area contributed by atoms with E-state index in [1.807, 2.05) is 24.2 Å². The molecule has 20 heavy (non-hydrogen) atoms. The first-order chi connectivity index (χ1) is 9.83. The fourth-order valence-electron chi connectivity index (χ4n) is 2.07. The van der Waals surface area contributed by atoms with Gasteiger partial charge in [0.2, 0.25) is 0 Å². The van der Waals surface area contributed by atoms with Crippen LogP contribution in [0.1, 0.15) is 31.7 Å². The van der Waals surface area contributed by atoms with Crippen molar-refractivity contribution in [2.75, 3.05) is 6.54 Å². The predicted octanol–water partition coefficient (Wildman–Crippen LogP) is 3.69. The van der Waals surface area contributed by atoms with Crippen LogP contribution in [0.15, 0.2) is 41.6 Å². The number of thioether (sulfide) groups is 1. The monoisotopic (exact) mass is 289 g/mol. The minimum Gasteiger partial charge on any atom is -0.335 e. The maximum absolute atomic E-state index is 4.41. The van der Waals surface area contributed by atoms with Crippen LogP contribution in [-0.4, -0.2) is 16.1 Å². The first-order valence-corrected chi connectivity index (χ1v) is 8.24. The van der Waals surface area contributed by atoms with Gasteiger partial charge in [0.25, 0.3) is 0 Å². The Labute approximate surface area is 125 Å². The van der Waals surface area contributed by atoms with Gasteiger partial charge in [-0.3, -0.25) is 0 Å². The van der Waals surface area contributed by atoms with Crippen LogP contribution in [0.2, 0.25) is 0 Å². The van der Waals surface area contributed by atoms with Crippen LogP contribution >= 0.6 is 11.8 Å². The fourth-order valence-corrected chi connectivity index (χ4v) is 3.02. The summed E-state index contributed by atoms with van der Waals surface area (Å²) in [4.78, 5) is 5.73. The number of aromatic nitrogens is 2. The van der Waals surface area contributed by atoms with E-state index >= 15 is 0 Å². The molecule has 0 saturated heterocycles. The van der Waals surface area contributed by atoms with Gasteiger partial charge in [-0.2, -0.15) is 0 Å². The Morgan fingerprint density at radius 1 is 1.30 bits per heavy atom. The van der Waals surface area contributed by atoms with Crippen molar-refractivity contribution < 1.29 is 0 Å². The molecule has 0 saturated carbocycles. The molecule has 0 bridgehead atoms. The van der Waals surface area contributed by atoms with Gasteiger partial charge < -0.3 is 9.88 Å². The molecule has 2 aromatic rings. The highest BCUT2D eigenvalue weighted by molar-refractivity contribution is 7.98. The molecule has 0 unspecified atom stereocenters. The molecule has 0 aliphatic rings. The summed E-state index contributed by atoms with van der Waals surface area (Å²) in [6.07, 6.45) is 5.10.